The van der Waals surface area contributed by atoms with E-state index in [0.29, 0.717) is 5.56 Å². The van der Waals surface area contributed by atoms with Gasteiger partial charge in [0.15, 0.2) is 0 Å². The molecule has 1 saturated carbocycles. The van der Waals surface area contributed by atoms with Crippen LogP contribution in [0.1, 0.15) is 51.0 Å². The molecule has 0 atom stereocenters. The van der Waals surface area contributed by atoms with E-state index in [1.165, 1.54) is 6.07 Å². The van der Waals surface area contributed by atoms with Crippen LogP contribution in [0.3, 0.4) is 0 Å². The standard InChI is InChI=1S/C19H27FN2O2/c1-2-3-12-21-18(23)14-8-10-15(11-9-14)19(24)22-13-16-6-4-5-7-17(16)20/h4-7,14-15H,2-3,8-13H2,1H3,(H,21,23)(H,22,24). The van der Waals surface area contributed by atoms with Gasteiger partial charge >= 0.3 is 0 Å². The molecule has 0 unspecified atom stereocenters. The zero-order valence-corrected chi connectivity index (χ0v) is 14.3. The van der Waals surface area contributed by atoms with Crippen molar-refractivity contribution in [2.75, 3.05) is 6.54 Å². The van der Waals surface area contributed by atoms with E-state index in [1.807, 2.05) is 0 Å². The van der Waals surface area contributed by atoms with Crippen LogP contribution in [0, 0.1) is 17.7 Å². The van der Waals surface area contributed by atoms with Crippen LogP contribution in [0.15, 0.2) is 24.3 Å². The van der Waals surface area contributed by atoms with Crippen molar-refractivity contribution in [2.45, 2.75) is 52.0 Å². The van der Waals surface area contributed by atoms with Gasteiger partial charge in [-0.1, -0.05) is 31.5 Å². The molecule has 2 N–H and O–H groups in total. The Kier molecular flexibility index (Phi) is 7.22. The highest BCUT2D eigenvalue weighted by molar-refractivity contribution is 5.81. The maximum absolute atomic E-state index is 13.6. The van der Waals surface area contributed by atoms with Gasteiger partial charge in [0, 0.05) is 30.5 Å². The molecule has 0 radical (unpaired) electrons. The minimum atomic E-state index is -0.301. The van der Waals surface area contributed by atoms with Crippen molar-refractivity contribution in [3.63, 3.8) is 0 Å². The molecule has 1 aliphatic carbocycles. The van der Waals surface area contributed by atoms with E-state index in [2.05, 4.69) is 17.6 Å². The Morgan fingerprint density at radius 3 is 2.21 bits per heavy atom. The van der Waals surface area contributed by atoms with E-state index in [0.717, 1.165) is 45.1 Å². The Morgan fingerprint density at radius 1 is 1.04 bits per heavy atom. The summed E-state index contributed by atoms with van der Waals surface area (Å²) in [5.41, 5.74) is 0.495. The lowest BCUT2D eigenvalue weighted by Gasteiger charge is -2.27. The first-order valence-corrected chi connectivity index (χ1v) is 8.90. The number of unbranched alkanes of at least 4 members (excludes halogenated alkanes) is 1. The quantitative estimate of drug-likeness (QED) is 0.753. The highest BCUT2D eigenvalue weighted by atomic mass is 19.1. The molecule has 0 aliphatic heterocycles. The molecule has 24 heavy (non-hydrogen) atoms. The summed E-state index contributed by atoms with van der Waals surface area (Å²) in [6, 6.07) is 6.46. The third-order valence-electron chi connectivity index (χ3n) is 4.71. The summed E-state index contributed by atoms with van der Waals surface area (Å²) < 4.78 is 13.6. The summed E-state index contributed by atoms with van der Waals surface area (Å²) in [6.45, 7) is 3.04. The van der Waals surface area contributed by atoms with Crippen LogP contribution in [0.2, 0.25) is 0 Å². The molecule has 1 aliphatic rings. The lowest BCUT2D eigenvalue weighted by atomic mass is 9.81. The monoisotopic (exact) mass is 334 g/mol. The topological polar surface area (TPSA) is 58.2 Å². The van der Waals surface area contributed by atoms with Gasteiger partial charge in [-0.15, -0.1) is 0 Å². The summed E-state index contributed by atoms with van der Waals surface area (Å²) in [7, 11) is 0. The summed E-state index contributed by atoms with van der Waals surface area (Å²) in [5, 5.41) is 5.79. The van der Waals surface area contributed by atoms with Crippen LogP contribution in [-0.2, 0) is 16.1 Å². The van der Waals surface area contributed by atoms with Gasteiger partial charge in [0.05, 0.1) is 0 Å². The Morgan fingerprint density at radius 2 is 1.62 bits per heavy atom. The molecule has 2 amide bonds. The summed E-state index contributed by atoms with van der Waals surface area (Å²) in [6.07, 6.45) is 4.99. The first-order chi connectivity index (χ1) is 11.6. The second-order valence-corrected chi connectivity index (χ2v) is 6.50. The van der Waals surface area contributed by atoms with Crippen molar-refractivity contribution in [1.82, 2.24) is 10.6 Å². The average Bonchev–Trinajstić information content (AvgIpc) is 2.61. The Balaban J connectivity index is 1.72. The number of amides is 2. The van der Waals surface area contributed by atoms with Gasteiger partial charge in [-0.05, 0) is 38.2 Å². The second-order valence-electron chi connectivity index (χ2n) is 6.50. The molecule has 0 aromatic heterocycles. The highest BCUT2D eigenvalue weighted by Gasteiger charge is 2.29. The SMILES string of the molecule is CCCCNC(=O)C1CCC(C(=O)NCc2ccccc2F)CC1. The number of rotatable bonds is 7. The van der Waals surface area contributed by atoms with Crippen LogP contribution in [0.25, 0.3) is 0 Å². The van der Waals surface area contributed by atoms with Crippen LogP contribution in [0.4, 0.5) is 4.39 Å². The first-order valence-electron chi connectivity index (χ1n) is 8.90. The Hall–Kier alpha value is -1.91. The second kappa shape index (κ2) is 9.40. The molecule has 132 valence electrons. The van der Waals surface area contributed by atoms with Crippen molar-refractivity contribution >= 4 is 11.8 Å². The molecule has 0 spiro atoms. The fourth-order valence-electron chi connectivity index (χ4n) is 3.12. The summed E-state index contributed by atoms with van der Waals surface area (Å²) in [4.78, 5) is 24.3. The van der Waals surface area contributed by atoms with Gasteiger partial charge in [0.2, 0.25) is 11.8 Å². The van der Waals surface area contributed by atoms with Crippen LogP contribution < -0.4 is 10.6 Å². The highest BCUT2D eigenvalue weighted by Crippen LogP contribution is 2.29. The maximum Gasteiger partial charge on any atom is 0.223 e. The molecule has 1 aromatic rings. The Labute approximate surface area is 143 Å². The van der Waals surface area contributed by atoms with E-state index in [1.54, 1.807) is 18.2 Å². The lowest BCUT2D eigenvalue weighted by Crippen LogP contribution is -2.37. The molecule has 0 heterocycles. The summed E-state index contributed by atoms with van der Waals surface area (Å²) >= 11 is 0. The number of hydrogen-bond donors (Lipinski definition) is 2. The first kappa shape index (κ1) is 18.4. The fourth-order valence-corrected chi connectivity index (χ4v) is 3.12. The van der Waals surface area contributed by atoms with E-state index < -0.39 is 0 Å². The normalized spacial score (nSPS) is 20.4. The van der Waals surface area contributed by atoms with E-state index in [9.17, 15) is 14.0 Å². The molecule has 5 heteroatoms. The number of hydrogen-bond acceptors (Lipinski definition) is 2. The smallest absolute Gasteiger partial charge is 0.223 e. The predicted molar refractivity (Wildman–Crippen MR) is 91.6 cm³/mol. The van der Waals surface area contributed by atoms with Crippen molar-refractivity contribution in [2.24, 2.45) is 11.8 Å². The van der Waals surface area contributed by atoms with Crippen LogP contribution in [-0.4, -0.2) is 18.4 Å². The number of nitrogens with one attached hydrogen (secondary N) is 2. The number of carbonyl (C=O) groups is 2. The number of halogens is 1. The molecule has 1 fully saturated rings. The lowest BCUT2D eigenvalue weighted by molar-refractivity contribution is -0.130. The van der Waals surface area contributed by atoms with Gasteiger partial charge in [-0.3, -0.25) is 9.59 Å². The molecule has 4 nitrogen and oxygen atoms in total. The van der Waals surface area contributed by atoms with E-state index >= 15 is 0 Å². The molecular weight excluding hydrogens is 307 g/mol. The number of benzene rings is 1. The van der Waals surface area contributed by atoms with Crippen LogP contribution in [0.5, 0.6) is 0 Å². The van der Waals surface area contributed by atoms with E-state index in [4.69, 9.17) is 0 Å². The van der Waals surface area contributed by atoms with Crippen molar-refractivity contribution in [3.8, 4) is 0 Å². The van der Waals surface area contributed by atoms with Crippen molar-refractivity contribution in [1.29, 1.82) is 0 Å². The summed E-state index contributed by atoms with van der Waals surface area (Å²) in [5.74, 6) is -0.268. The molecule has 0 saturated heterocycles. The minimum absolute atomic E-state index is 0.0254. The molecule has 0 bridgehead atoms. The maximum atomic E-state index is 13.6. The van der Waals surface area contributed by atoms with Gasteiger partial charge in [-0.2, -0.15) is 0 Å². The molecular formula is C19H27FN2O2. The molecule has 2 rings (SSSR count). The van der Waals surface area contributed by atoms with Gasteiger partial charge in [-0.25, -0.2) is 4.39 Å². The van der Waals surface area contributed by atoms with Gasteiger partial charge in [0.25, 0.3) is 0 Å². The van der Waals surface area contributed by atoms with Gasteiger partial charge < -0.3 is 10.6 Å². The minimum Gasteiger partial charge on any atom is -0.356 e. The van der Waals surface area contributed by atoms with Crippen molar-refractivity contribution in [3.05, 3.63) is 35.6 Å². The predicted octanol–water partition coefficient (Wildman–Crippen LogP) is 3.16. The zero-order valence-electron chi connectivity index (χ0n) is 14.3. The Bertz CT molecular complexity index is 554. The number of carbonyl (C=O) groups excluding carboxylic acids is 2. The molecule has 1 aromatic carbocycles. The zero-order chi connectivity index (χ0) is 17.4. The van der Waals surface area contributed by atoms with E-state index in [-0.39, 0.29) is 36.0 Å². The third kappa shape index (κ3) is 5.32. The van der Waals surface area contributed by atoms with Crippen molar-refractivity contribution < 1.29 is 14.0 Å². The van der Waals surface area contributed by atoms with Crippen LogP contribution >= 0.6 is 0 Å². The fraction of sp³-hybridized carbons (Fsp3) is 0.579. The largest absolute Gasteiger partial charge is 0.356 e. The average molecular weight is 334 g/mol. The van der Waals surface area contributed by atoms with Gasteiger partial charge in [0.1, 0.15) is 5.82 Å². The third-order valence-corrected chi connectivity index (χ3v) is 4.71.